The second kappa shape index (κ2) is 5.51. The molecule has 0 spiro atoms. The topological polar surface area (TPSA) is 71.5 Å². The summed E-state index contributed by atoms with van der Waals surface area (Å²) in [5, 5.41) is 4.22. The van der Waals surface area contributed by atoms with Crippen molar-refractivity contribution in [3.05, 3.63) is 30.0 Å². The Labute approximate surface area is 111 Å². The van der Waals surface area contributed by atoms with Crippen LogP contribution in [0.25, 0.3) is 0 Å². The highest BCUT2D eigenvalue weighted by atomic mass is 16.5. The fraction of sp³-hybridized carbons (Fsp3) is 0.308. The fourth-order valence-corrected chi connectivity index (χ4v) is 1.74. The van der Waals surface area contributed by atoms with Crippen LogP contribution in [0.5, 0.6) is 17.2 Å². The van der Waals surface area contributed by atoms with Crippen molar-refractivity contribution in [2.75, 3.05) is 20.0 Å². The van der Waals surface area contributed by atoms with Crippen molar-refractivity contribution < 1.29 is 14.2 Å². The third-order valence-electron chi connectivity index (χ3n) is 2.71. The zero-order valence-corrected chi connectivity index (χ0v) is 11.2. The number of aryl methyl sites for hydroxylation is 1. The third-order valence-corrected chi connectivity index (χ3v) is 2.71. The highest BCUT2D eigenvalue weighted by Gasteiger charge is 2.11. The largest absolute Gasteiger partial charge is 0.493 e. The molecule has 0 amide bonds. The van der Waals surface area contributed by atoms with E-state index in [1.807, 2.05) is 18.2 Å². The van der Waals surface area contributed by atoms with E-state index in [2.05, 4.69) is 5.10 Å². The average molecular weight is 263 g/mol. The molecule has 2 N–H and O–H groups in total. The Morgan fingerprint density at radius 3 is 2.53 bits per heavy atom. The number of nitrogen functional groups attached to an aromatic ring is 1. The molecule has 0 radical (unpaired) electrons. The number of rotatable bonds is 5. The summed E-state index contributed by atoms with van der Waals surface area (Å²) in [6, 6.07) is 7.23. The molecule has 6 nitrogen and oxygen atoms in total. The van der Waals surface area contributed by atoms with Gasteiger partial charge in [0.1, 0.15) is 18.1 Å². The zero-order chi connectivity index (χ0) is 13.8. The Balaban J connectivity index is 2.15. The minimum absolute atomic E-state index is 0.314. The van der Waals surface area contributed by atoms with Crippen LogP contribution in [-0.4, -0.2) is 24.0 Å². The molecule has 0 aliphatic carbocycles. The maximum absolute atomic E-state index is 5.71. The van der Waals surface area contributed by atoms with E-state index in [0.29, 0.717) is 29.7 Å². The molecule has 0 atom stereocenters. The highest BCUT2D eigenvalue weighted by molar-refractivity contribution is 5.51. The summed E-state index contributed by atoms with van der Waals surface area (Å²) < 4.78 is 17.8. The lowest BCUT2D eigenvalue weighted by molar-refractivity contribution is 0.271. The van der Waals surface area contributed by atoms with Crippen molar-refractivity contribution in [2.45, 2.75) is 6.61 Å². The number of hydrogen-bond acceptors (Lipinski definition) is 5. The molecule has 102 valence electrons. The van der Waals surface area contributed by atoms with Crippen LogP contribution in [0.3, 0.4) is 0 Å². The van der Waals surface area contributed by atoms with Gasteiger partial charge in [0.15, 0.2) is 11.5 Å². The number of anilines is 1. The van der Waals surface area contributed by atoms with Gasteiger partial charge in [-0.3, -0.25) is 4.68 Å². The van der Waals surface area contributed by atoms with Crippen LogP contribution in [0.4, 0.5) is 5.82 Å². The smallest absolute Gasteiger partial charge is 0.203 e. The number of aromatic nitrogens is 2. The van der Waals surface area contributed by atoms with E-state index in [9.17, 15) is 0 Å². The van der Waals surface area contributed by atoms with Gasteiger partial charge in [-0.2, -0.15) is 5.10 Å². The van der Waals surface area contributed by atoms with Gasteiger partial charge in [-0.05, 0) is 12.1 Å². The molecule has 0 aliphatic heterocycles. The Bertz CT molecular complexity index is 547. The van der Waals surface area contributed by atoms with E-state index in [1.54, 1.807) is 32.0 Å². The van der Waals surface area contributed by atoms with Crippen LogP contribution in [0.1, 0.15) is 5.69 Å². The van der Waals surface area contributed by atoms with E-state index in [4.69, 9.17) is 19.9 Å². The molecule has 1 heterocycles. The summed E-state index contributed by atoms with van der Waals surface area (Å²) in [5.74, 6) is 2.39. The number of nitrogens with two attached hydrogens (primary N) is 1. The first-order valence-electron chi connectivity index (χ1n) is 5.78. The lowest BCUT2D eigenvalue weighted by Crippen LogP contribution is -2.01. The van der Waals surface area contributed by atoms with Crippen molar-refractivity contribution in [1.82, 2.24) is 9.78 Å². The number of hydrogen-bond donors (Lipinski definition) is 1. The molecule has 0 saturated carbocycles. The van der Waals surface area contributed by atoms with Crippen LogP contribution in [0.15, 0.2) is 24.3 Å². The number of para-hydroxylation sites is 1. The van der Waals surface area contributed by atoms with Crippen LogP contribution in [-0.2, 0) is 13.7 Å². The molecule has 0 unspecified atom stereocenters. The molecule has 0 bridgehead atoms. The predicted molar refractivity (Wildman–Crippen MR) is 71.5 cm³/mol. The van der Waals surface area contributed by atoms with Crippen molar-refractivity contribution >= 4 is 5.82 Å². The van der Waals surface area contributed by atoms with E-state index in [1.165, 1.54) is 0 Å². The number of methoxy groups -OCH3 is 2. The summed E-state index contributed by atoms with van der Waals surface area (Å²) in [6.07, 6.45) is 0. The predicted octanol–water partition coefficient (Wildman–Crippen LogP) is 1.60. The van der Waals surface area contributed by atoms with Crippen molar-refractivity contribution in [3.63, 3.8) is 0 Å². The summed E-state index contributed by atoms with van der Waals surface area (Å²) in [5.41, 5.74) is 6.47. The summed E-state index contributed by atoms with van der Waals surface area (Å²) in [4.78, 5) is 0. The standard InChI is InChI=1S/C13H17N3O3/c1-16-12(14)7-9(15-16)8-19-11-6-4-5-10(17-2)13(11)18-3/h4-7H,8,14H2,1-3H3. The van der Waals surface area contributed by atoms with Gasteiger partial charge < -0.3 is 19.9 Å². The molecule has 2 aromatic rings. The van der Waals surface area contributed by atoms with Gasteiger partial charge in [0.2, 0.25) is 5.75 Å². The maximum atomic E-state index is 5.71. The lowest BCUT2D eigenvalue weighted by atomic mass is 10.3. The number of ether oxygens (including phenoxy) is 3. The minimum Gasteiger partial charge on any atom is -0.493 e. The Hall–Kier alpha value is -2.37. The second-order valence-corrected chi connectivity index (χ2v) is 3.96. The molecule has 0 aliphatic rings. The Morgan fingerprint density at radius 1 is 1.21 bits per heavy atom. The molecule has 1 aromatic heterocycles. The quantitative estimate of drug-likeness (QED) is 0.887. The summed E-state index contributed by atoms with van der Waals surface area (Å²) in [7, 11) is 4.94. The zero-order valence-electron chi connectivity index (χ0n) is 11.2. The normalized spacial score (nSPS) is 10.3. The summed E-state index contributed by atoms with van der Waals surface area (Å²) in [6.45, 7) is 0.314. The van der Waals surface area contributed by atoms with E-state index < -0.39 is 0 Å². The summed E-state index contributed by atoms with van der Waals surface area (Å²) >= 11 is 0. The minimum atomic E-state index is 0.314. The van der Waals surface area contributed by atoms with Gasteiger partial charge in [-0.15, -0.1) is 0 Å². The first kappa shape index (κ1) is 13.1. The highest BCUT2D eigenvalue weighted by Crippen LogP contribution is 2.36. The first-order valence-corrected chi connectivity index (χ1v) is 5.78. The molecule has 0 fully saturated rings. The molecule has 0 saturated heterocycles. The lowest BCUT2D eigenvalue weighted by Gasteiger charge is -2.12. The molecular weight excluding hydrogens is 246 g/mol. The molecule has 19 heavy (non-hydrogen) atoms. The van der Waals surface area contributed by atoms with E-state index >= 15 is 0 Å². The van der Waals surface area contributed by atoms with Crippen LogP contribution >= 0.6 is 0 Å². The number of nitrogens with zero attached hydrogens (tertiary/aromatic N) is 2. The van der Waals surface area contributed by atoms with Gasteiger partial charge in [-0.1, -0.05) is 6.07 Å². The molecule has 1 aromatic carbocycles. The average Bonchev–Trinajstić information content (AvgIpc) is 2.74. The van der Waals surface area contributed by atoms with Crippen molar-refractivity contribution in [3.8, 4) is 17.2 Å². The van der Waals surface area contributed by atoms with Gasteiger partial charge in [0.05, 0.1) is 14.2 Å². The fourth-order valence-electron chi connectivity index (χ4n) is 1.74. The van der Waals surface area contributed by atoms with Crippen molar-refractivity contribution in [1.29, 1.82) is 0 Å². The van der Waals surface area contributed by atoms with Gasteiger partial charge in [0.25, 0.3) is 0 Å². The number of benzene rings is 1. The van der Waals surface area contributed by atoms with E-state index in [0.717, 1.165) is 5.69 Å². The maximum Gasteiger partial charge on any atom is 0.203 e. The Morgan fingerprint density at radius 2 is 1.95 bits per heavy atom. The van der Waals surface area contributed by atoms with Gasteiger partial charge in [0, 0.05) is 13.1 Å². The van der Waals surface area contributed by atoms with E-state index in [-0.39, 0.29) is 0 Å². The Kier molecular flexibility index (Phi) is 3.79. The third kappa shape index (κ3) is 2.73. The molecule has 6 heteroatoms. The second-order valence-electron chi connectivity index (χ2n) is 3.96. The van der Waals surface area contributed by atoms with Crippen LogP contribution < -0.4 is 19.9 Å². The van der Waals surface area contributed by atoms with Gasteiger partial charge in [-0.25, -0.2) is 0 Å². The first-order chi connectivity index (χ1) is 9.15. The van der Waals surface area contributed by atoms with Gasteiger partial charge >= 0.3 is 0 Å². The van der Waals surface area contributed by atoms with Crippen molar-refractivity contribution in [2.24, 2.45) is 7.05 Å². The molecule has 2 rings (SSSR count). The molecular formula is C13H17N3O3. The SMILES string of the molecule is COc1cccc(OCc2cc(N)n(C)n2)c1OC. The van der Waals surface area contributed by atoms with Crippen LogP contribution in [0, 0.1) is 0 Å². The monoisotopic (exact) mass is 263 g/mol. The van der Waals surface area contributed by atoms with Crippen LogP contribution in [0.2, 0.25) is 0 Å².